The van der Waals surface area contributed by atoms with Gasteiger partial charge in [0.2, 0.25) is 0 Å². The van der Waals surface area contributed by atoms with Crippen LogP contribution in [-0.4, -0.2) is 19.6 Å². The molecule has 0 aliphatic heterocycles. The van der Waals surface area contributed by atoms with Crippen LogP contribution >= 0.6 is 11.3 Å². The molecule has 0 unspecified atom stereocenters. The predicted octanol–water partition coefficient (Wildman–Crippen LogP) is 4.55. The Labute approximate surface area is 148 Å². The number of rotatable bonds is 4. The molecule has 0 saturated carbocycles. The normalized spacial score (nSPS) is 11.4. The Balaban J connectivity index is 1.53. The van der Waals surface area contributed by atoms with Crippen LogP contribution in [0.1, 0.15) is 4.88 Å². The number of anilines is 1. The smallest absolute Gasteiger partial charge is 0.154 e. The van der Waals surface area contributed by atoms with Crippen LogP contribution in [-0.2, 0) is 6.54 Å². The van der Waals surface area contributed by atoms with E-state index in [1.54, 1.807) is 11.3 Å². The van der Waals surface area contributed by atoms with Crippen LogP contribution in [0.2, 0.25) is 0 Å². The maximum Gasteiger partial charge on any atom is 0.154 e. The number of imidazole rings is 1. The summed E-state index contributed by atoms with van der Waals surface area (Å²) >= 11 is 1.74. The highest BCUT2D eigenvalue weighted by atomic mass is 32.1. The van der Waals surface area contributed by atoms with Gasteiger partial charge in [0.15, 0.2) is 5.65 Å². The van der Waals surface area contributed by atoms with Crippen molar-refractivity contribution in [3.63, 3.8) is 0 Å². The average Bonchev–Trinajstić information content (AvgIpc) is 3.38. The van der Waals surface area contributed by atoms with E-state index >= 15 is 0 Å². The number of hydrogen-bond donors (Lipinski definition) is 2. The van der Waals surface area contributed by atoms with Crippen molar-refractivity contribution in [2.75, 3.05) is 5.32 Å². The summed E-state index contributed by atoms with van der Waals surface area (Å²) in [5.41, 5.74) is 4.05. The van der Waals surface area contributed by atoms with Crippen LogP contribution in [0.25, 0.3) is 27.8 Å². The highest BCUT2D eigenvalue weighted by molar-refractivity contribution is 7.09. The summed E-state index contributed by atoms with van der Waals surface area (Å²) in [6.07, 6.45) is 3.83. The molecule has 0 radical (unpaired) electrons. The zero-order valence-corrected chi connectivity index (χ0v) is 14.1. The third-order valence-corrected chi connectivity index (χ3v) is 5.11. The van der Waals surface area contributed by atoms with Crippen LogP contribution in [0.4, 0.5) is 5.82 Å². The Morgan fingerprint density at radius 3 is 3.04 bits per heavy atom. The lowest BCUT2D eigenvalue weighted by atomic mass is 10.1. The number of nitrogens with one attached hydrogen (secondary N) is 2. The Hall–Kier alpha value is -3.12. The molecule has 6 heteroatoms. The van der Waals surface area contributed by atoms with Gasteiger partial charge in [-0.2, -0.15) is 0 Å². The molecular formula is C19H15N5S. The van der Waals surface area contributed by atoms with Gasteiger partial charge in [-0.05, 0) is 41.8 Å². The summed E-state index contributed by atoms with van der Waals surface area (Å²) in [4.78, 5) is 8.99. The summed E-state index contributed by atoms with van der Waals surface area (Å²) in [6.45, 7) is 0.773. The summed E-state index contributed by atoms with van der Waals surface area (Å²) in [5, 5.41) is 11.4. The largest absolute Gasteiger partial charge is 0.364 e. The molecule has 1 aromatic carbocycles. The van der Waals surface area contributed by atoms with E-state index in [1.807, 2.05) is 29.0 Å². The fraction of sp³-hybridized carbons (Fsp3) is 0.0526. The number of nitrogens with zero attached hydrogens (tertiary/aromatic N) is 3. The number of thiophene rings is 1. The summed E-state index contributed by atoms with van der Waals surface area (Å²) in [7, 11) is 0. The summed E-state index contributed by atoms with van der Waals surface area (Å²) < 4.78 is 1.89. The van der Waals surface area contributed by atoms with Gasteiger partial charge in [0.05, 0.1) is 18.4 Å². The molecule has 0 amide bonds. The quantitative estimate of drug-likeness (QED) is 0.502. The minimum atomic E-state index is 0.773. The van der Waals surface area contributed by atoms with Gasteiger partial charge < -0.3 is 10.3 Å². The highest BCUT2D eigenvalue weighted by Gasteiger charge is 2.09. The Kier molecular flexibility index (Phi) is 3.28. The first-order chi connectivity index (χ1) is 12.4. The maximum atomic E-state index is 4.72. The molecule has 4 aromatic heterocycles. The van der Waals surface area contributed by atoms with Gasteiger partial charge in [0, 0.05) is 27.5 Å². The van der Waals surface area contributed by atoms with E-state index in [4.69, 9.17) is 5.10 Å². The Bertz CT molecular complexity index is 1150. The lowest BCUT2D eigenvalue weighted by Crippen LogP contribution is -2.03. The second kappa shape index (κ2) is 5.75. The number of H-pyrrole nitrogens is 1. The molecule has 5 aromatic rings. The van der Waals surface area contributed by atoms with Gasteiger partial charge in [0.1, 0.15) is 5.82 Å². The van der Waals surface area contributed by atoms with Crippen LogP contribution < -0.4 is 5.32 Å². The van der Waals surface area contributed by atoms with Gasteiger partial charge >= 0.3 is 0 Å². The van der Waals surface area contributed by atoms with Crippen molar-refractivity contribution in [1.29, 1.82) is 0 Å². The van der Waals surface area contributed by atoms with Crippen molar-refractivity contribution in [3.05, 3.63) is 71.2 Å². The third-order valence-electron chi connectivity index (χ3n) is 4.24. The Morgan fingerprint density at radius 2 is 2.12 bits per heavy atom. The van der Waals surface area contributed by atoms with Gasteiger partial charge in [-0.15, -0.1) is 16.4 Å². The van der Waals surface area contributed by atoms with Crippen LogP contribution in [0.3, 0.4) is 0 Å². The SMILES string of the molecule is c1csc(CNc2ccc3ncc(-c4ccc5[nH]ccc5c4)n3n2)c1. The summed E-state index contributed by atoms with van der Waals surface area (Å²) in [6, 6.07) is 16.5. The molecule has 0 fully saturated rings. The standard InChI is InChI=1S/C19H15N5S/c1-2-15(25-9-1)11-21-18-5-6-19-22-12-17(24(19)23-18)14-3-4-16-13(10-14)7-8-20-16/h1-10,12,20H,11H2,(H,21,23). The van der Waals surface area contributed by atoms with Gasteiger partial charge in [-0.25, -0.2) is 9.50 Å². The molecule has 0 saturated heterocycles. The number of hydrogen-bond acceptors (Lipinski definition) is 4. The fourth-order valence-electron chi connectivity index (χ4n) is 2.97. The lowest BCUT2D eigenvalue weighted by Gasteiger charge is -2.06. The van der Waals surface area contributed by atoms with E-state index in [-0.39, 0.29) is 0 Å². The second-order valence-electron chi connectivity index (χ2n) is 5.84. The topological polar surface area (TPSA) is 58.0 Å². The van der Waals surface area contributed by atoms with Crippen LogP contribution in [0.5, 0.6) is 0 Å². The molecule has 5 nitrogen and oxygen atoms in total. The zero-order valence-electron chi connectivity index (χ0n) is 13.3. The third kappa shape index (κ3) is 2.56. The average molecular weight is 345 g/mol. The monoisotopic (exact) mass is 345 g/mol. The van der Waals surface area contributed by atoms with E-state index in [0.717, 1.165) is 34.8 Å². The van der Waals surface area contributed by atoms with Gasteiger partial charge in [0.25, 0.3) is 0 Å². The first kappa shape index (κ1) is 14.2. The van der Waals surface area contributed by atoms with Crippen molar-refractivity contribution >= 4 is 33.7 Å². The number of aromatic nitrogens is 4. The van der Waals surface area contributed by atoms with E-state index in [9.17, 15) is 0 Å². The first-order valence-electron chi connectivity index (χ1n) is 8.05. The molecule has 0 spiro atoms. The van der Waals surface area contributed by atoms with Crippen LogP contribution in [0, 0.1) is 0 Å². The van der Waals surface area contributed by atoms with Crippen molar-refractivity contribution in [2.24, 2.45) is 0 Å². The highest BCUT2D eigenvalue weighted by Crippen LogP contribution is 2.25. The molecule has 2 N–H and O–H groups in total. The lowest BCUT2D eigenvalue weighted by molar-refractivity contribution is 0.933. The first-order valence-corrected chi connectivity index (χ1v) is 8.93. The predicted molar refractivity (Wildman–Crippen MR) is 102 cm³/mol. The van der Waals surface area contributed by atoms with Crippen LogP contribution in [0.15, 0.2) is 66.3 Å². The fourth-order valence-corrected chi connectivity index (χ4v) is 3.61. The zero-order chi connectivity index (χ0) is 16.6. The van der Waals surface area contributed by atoms with Crippen molar-refractivity contribution in [1.82, 2.24) is 19.6 Å². The minimum Gasteiger partial charge on any atom is -0.364 e. The van der Waals surface area contributed by atoms with E-state index in [0.29, 0.717) is 0 Å². The molecule has 0 atom stereocenters. The molecule has 122 valence electrons. The molecule has 0 bridgehead atoms. The molecule has 4 heterocycles. The van der Waals surface area contributed by atoms with Gasteiger partial charge in [-0.3, -0.25) is 0 Å². The minimum absolute atomic E-state index is 0.773. The summed E-state index contributed by atoms with van der Waals surface area (Å²) in [5.74, 6) is 0.836. The molecule has 5 rings (SSSR count). The second-order valence-corrected chi connectivity index (χ2v) is 6.88. The van der Waals surface area contributed by atoms with Crippen molar-refractivity contribution in [2.45, 2.75) is 6.54 Å². The van der Waals surface area contributed by atoms with E-state index in [1.165, 1.54) is 10.3 Å². The van der Waals surface area contributed by atoms with Gasteiger partial charge in [-0.1, -0.05) is 12.1 Å². The van der Waals surface area contributed by atoms with E-state index in [2.05, 4.69) is 57.1 Å². The Morgan fingerprint density at radius 1 is 1.12 bits per heavy atom. The molecule has 0 aliphatic carbocycles. The molecule has 0 aliphatic rings. The number of aromatic amines is 1. The molecule has 25 heavy (non-hydrogen) atoms. The number of benzene rings is 1. The number of fused-ring (bicyclic) bond motifs is 2. The maximum absolute atomic E-state index is 4.72. The molecular weight excluding hydrogens is 330 g/mol. The van der Waals surface area contributed by atoms with E-state index < -0.39 is 0 Å². The van der Waals surface area contributed by atoms with Crippen molar-refractivity contribution in [3.8, 4) is 11.3 Å². The van der Waals surface area contributed by atoms with Crippen molar-refractivity contribution < 1.29 is 0 Å².